The molecule has 8 heteroatoms. The summed E-state index contributed by atoms with van der Waals surface area (Å²) in [6.07, 6.45) is 0. The van der Waals surface area contributed by atoms with Gasteiger partial charge in [-0.3, -0.25) is 4.79 Å². The fourth-order valence-corrected chi connectivity index (χ4v) is 4.16. The number of nitrogens with zero attached hydrogens (tertiary/aromatic N) is 4. The van der Waals surface area contributed by atoms with Gasteiger partial charge in [0, 0.05) is 12.1 Å². The molecule has 5 aromatic rings. The lowest BCUT2D eigenvalue weighted by Gasteiger charge is -2.09. The first-order valence-electron chi connectivity index (χ1n) is 10.5. The summed E-state index contributed by atoms with van der Waals surface area (Å²) in [6.45, 7) is 8.67. The number of imidazole rings is 1. The average molecular weight is 429 g/mol. The van der Waals surface area contributed by atoms with Crippen LogP contribution in [0.1, 0.15) is 40.3 Å². The van der Waals surface area contributed by atoms with Crippen molar-refractivity contribution in [2.75, 3.05) is 0 Å². The van der Waals surface area contributed by atoms with Gasteiger partial charge in [0.05, 0.1) is 39.9 Å². The Morgan fingerprint density at radius 2 is 1.94 bits per heavy atom. The number of furan rings is 1. The second-order valence-electron chi connectivity index (χ2n) is 7.77. The van der Waals surface area contributed by atoms with Gasteiger partial charge >= 0.3 is 0 Å². The molecule has 0 spiro atoms. The lowest BCUT2D eigenvalue weighted by molar-refractivity contribution is 0.0951. The smallest absolute Gasteiger partial charge is 0.259 e. The minimum atomic E-state index is -0.238. The van der Waals surface area contributed by atoms with Crippen LogP contribution in [0.5, 0.6) is 0 Å². The molecule has 0 aliphatic carbocycles. The molecule has 32 heavy (non-hydrogen) atoms. The summed E-state index contributed by atoms with van der Waals surface area (Å²) in [5.74, 6) is 2.07. The number of aryl methyl sites for hydroxylation is 4. The summed E-state index contributed by atoms with van der Waals surface area (Å²) in [6, 6.07) is 11.6. The highest BCUT2D eigenvalue weighted by Gasteiger charge is 2.21. The van der Waals surface area contributed by atoms with Crippen molar-refractivity contribution >= 4 is 28.0 Å². The predicted octanol–water partition coefficient (Wildman–Crippen LogP) is 4.71. The van der Waals surface area contributed by atoms with Crippen molar-refractivity contribution in [1.82, 2.24) is 25.0 Å². The number of rotatable bonds is 5. The Morgan fingerprint density at radius 3 is 2.69 bits per heavy atom. The van der Waals surface area contributed by atoms with Gasteiger partial charge in [0.1, 0.15) is 17.3 Å². The van der Waals surface area contributed by atoms with E-state index in [2.05, 4.69) is 26.9 Å². The maximum atomic E-state index is 13.3. The minimum Gasteiger partial charge on any atom is -0.466 e. The summed E-state index contributed by atoms with van der Waals surface area (Å²) in [7, 11) is 0. The van der Waals surface area contributed by atoms with Gasteiger partial charge in [0.15, 0.2) is 0 Å². The molecule has 0 aliphatic rings. The second-order valence-corrected chi connectivity index (χ2v) is 7.77. The van der Waals surface area contributed by atoms with Crippen LogP contribution in [-0.2, 0) is 13.1 Å². The van der Waals surface area contributed by atoms with Crippen LogP contribution in [0.4, 0.5) is 0 Å². The quantitative estimate of drug-likeness (QED) is 0.434. The fourth-order valence-electron chi connectivity index (χ4n) is 4.16. The molecular formula is C24H23N5O3. The Labute approximate surface area is 184 Å². The van der Waals surface area contributed by atoms with E-state index in [0.717, 1.165) is 40.5 Å². The van der Waals surface area contributed by atoms with E-state index in [9.17, 15) is 4.79 Å². The van der Waals surface area contributed by atoms with Gasteiger partial charge in [-0.25, -0.2) is 9.97 Å². The Morgan fingerprint density at radius 1 is 1.12 bits per heavy atom. The highest BCUT2D eigenvalue weighted by atomic mass is 16.5. The molecule has 1 amide bonds. The molecule has 0 atom stereocenters. The topological polar surface area (TPSA) is 99.0 Å². The number of amides is 1. The first-order chi connectivity index (χ1) is 15.5. The number of carbonyl (C=O) groups excluding carboxylic acids is 1. The number of pyridine rings is 1. The van der Waals surface area contributed by atoms with Crippen molar-refractivity contribution in [3.8, 4) is 11.3 Å². The Kier molecular flexibility index (Phi) is 4.77. The van der Waals surface area contributed by atoms with E-state index in [1.165, 1.54) is 0 Å². The van der Waals surface area contributed by atoms with E-state index in [1.807, 2.05) is 44.2 Å². The molecule has 1 N–H and O–H groups in total. The summed E-state index contributed by atoms with van der Waals surface area (Å²) < 4.78 is 13.2. The monoisotopic (exact) mass is 429 g/mol. The van der Waals surface area contributed by atoms with Gasteiger partial charge in [-0.1, -0.05) is 17.3 Å². The Balaban J connectivity index is 1.52. The largest absolute Gasteiger partial charge is 0.466 e. The van der Waals surface area contributed by atoms with E-state index in [1.54, 1.807) is 13.0 Å². The number of aromatic nitrogens is 4. The zero-order chi connectivity index (χ0) is 22.4. The second kappa shape index (κ2) is 7.64. The van der Waals surface area contributed by atoms with Crippen LogP contribution in [0.25, 0.3) is 33.4 Å². The third-order valence-electron chi connectivity index (χ3n) is 5.64. The number of carbonyl (C=O) groups is 1. The number of benzene rings is 1. The van der Waals surface area contributed by atoms with Crippen molar-refractivity contribution in [3.05, 3.63) is 65.0 Å². The van der Waals surface area contributed by atoms with Crippen molar-refractivity contribution in [1.29, 1.82) is 0 Å². The van der Waals surface area contributed by atoms with Crippen LogP contribution < -0.4 is 5.32 Å². The van der Waals surface area contributed by atoms with Gasteiger partial charge in [0.25, 0.3) is 11.6 Å². The van der Waals surface area contributed by atoms with Gasteiger partial charge in [-0.15, -0.1) is 0 Å². The van der Waals surface area contributed by atoms with Crippen LogP contribution in [0.2, 0.25) is 0 Å². The summed E-state index contributed by atoms with van der Waals surface area (Å²) in [5.41, 5.74) is 4.78. The van der Waals surface area contributed by atoms with Crippen molar-refractivity contribution < 1.29 is 13.7 Å². The van der Waals surface area contributed by atoms with Gasteiger partial charge in [-0.2, -0.15) is 0 Å². The normalized spacial score (nSPS) is 11.5. The molecule has 8 nitrogen and oxygen atoms in total. The maximum Gasteiger partial charge on any atom is 0.259 e. The summed E-state index contributed by atoms with van der Waals surface area (Å²) in [5, 5.41) is 7.64. The SMILES string of the molecule is CCn1c(CNC(=O)c2cc(-c3cc(C)oc3C)nc3onc(C)c23)nc2ccccc21. The van der Waals surface area contributed by atoms with E-state index in [-0.39, 0.29) is 5.91 Å². The lowest BCUT2D eigenvalue weighted by Crippen LogP contribution is -2.25. The highest BCUT2D eigenvalue weighted by molar-refractivity contribution is 6.07. The molecular weight excluding hydrogens is 406 g/mol. The molecule has 0 saturated heterocycles. The zero-order valence-electron chi connectivity index (χ0n) is 18.4. The summed E-state index contributed by atoms with van der Waals surface area (Å²) in [4.78, 5) is 22.6. The number of fused-ring (bicyclic) bond motifs is 2. The molecule has 0 aliphatic heterocycles. The molecule has 0 saturated carbocycles. The van der Waals surface area contributed by atoms with Crippen molar-refractivity contribution in [3.63, 3.8) is 0 Å². The Bertz CT molecular complexity index is 1470. The molecule has 4 aromatic heterocycles. The highest BCUT2D eigenvalue weighted by Crippen LogP contribution is 2.30. The molecule has 1 aromatic carbocycles. The molecule has 0 radical (unpaired) electrons. The zero-order valence-corrected chi connectivity index (χ0v) is 18.4. The molecule has 0 fully saturated rings. The van der Waals surface area contributed by atoms with Crippen LogP contribution in [0.3, 0.4) is 0 Å². The maximum absolute atomic E-state index is 13.3. The molecule has 5 rings (SSSR count). The van der Waals surface area contributed by atoms with Gasteiger partial charge in [-0.05, 0) is 52.0 Å². The third-order valence-corrected chi connectivity index (χ3v) is 5.64. The first kappa shape index (κ1) is 20.0. The van der Waals surface area contributed by atoms with Crippen LogP contribution in [0, 0.1) is 20.8 Å². The Hall–Kier alpha value is -3.94. The summed E-state index contributed by atoms with van der Waals surface area (Å²) >= 11 is 0. The number of hydrogen-bond acceptors (Lipinski definition) is 6. The van der Waals surface area contributed by atoms with E-state index in [4.69, 9.17) is 13.9 Å². The van der Waals surface area contributed by atoms with E-state index < -0.39 is 0 Å². The average Bonchev–Trinajstić information content (AvgIpc) is 3.45. The first-order valence-corrected chi connectivity index (χ1v) is 10.5. The predicted molar refractivity (Wildman–Crippen MR) is 120 cm³/mol. The van der Waals surface area contributed by atoms with E-state index in [0.29, 0.717) is 34.6 Å². The lowest BCUT2D eigenvalue weighted by atomic mass is 10.1. The van der Waals surface area contributed by atoms with Crippen molar-refractivity contribution in [2.45, 2.75) is 40.8 Å². The minimum absolute atomic E-state index is 0.238. The van der Waals surface area contributed by atoms with Crippen molar-refractivity contribution in [2.24, 2.45) is 0 Å². The van der Waals surface area contributed by atoms with Crippen LogP contribution in [-0.4, -0.2) is 25.6 Å². The van der Waals surface area contributed by atoms with Crippen LogP contribution in [0.15, 0.2) is 45.3 Å². The number of nitrogens with one attached hydrogen (secondary N) is 1. The molecule has 4 heterocycles. The van der Waals surface area contributed by atoms with Gasteiger partial charge in [0.2, 0.25) is 0 Å². The number of para-hydroxylation sites is 2. The third kappa shape index (κ3) is 3.24. The molecule has 0 bridgehead atoms. The molecule has 0 unspecified atom stereocenters. The fraction of sp³-hybridized carbons (Fsp3) is 0.250. The standard InChI is InChI=1S/C24H23N5O3/c1-5-29-20-9-7-6-8-18(20)26-21(29)12-25-23(30)17-11-19(16-10-13(2)31-15(16)4)27-24-22(17)14(3)28-32-24/h6-11H,5,12H2,1-4H3,(H,25,30). The molecule has 162 valence electrons. The van der Waals surface area contributed by atoms with Gasteiger partial charge < -0.3 is 18.8 Å². The van der Waals surface area contributed by atoms with E-state index >= 15 is 0 Å². The number of hydrogen-bond donors (Lipinski definition) is 1. The van der Waals surface area contributed by atoms with Crippen LogP contribution >= 0.6 is 0 Å².